The Morgan fingerprint density at radius 1 is 1.00 bits per heavy atom. The molecule has 1 heteroatoms. The Balaban J connectivity index is 2.24. The number of aromatic nitrogens is 1. The van der Waals surface area contributed by atoms with Crippen LogP contribution >= 0.6 is 0 Å². The van der Waals surface area contributed by atoms with Crippen LogP contribution in [0.3, 0.4) is 0 Å². The highest BCUT2D eigenvalue weighted by Gasteiger charge is 2.06. The van der Waals surface area contributed by atoms with Gasteiger partial charge in [-0.3, -0.25) is 0 Å². The van der Waals surface area contributed by atoms with Gasteiger partial charge < -0.3 is 0 Å². The third kappa shape index (κ3) is 2.70. The molecule has 0 fully saturated rings. The summed E-state index contributed by atoms with van der Waals surface area (Å²) in [6.07, 6.45) is 6.61. The average molecular weight is 222 g/mol. The molecule has 0 aliphatic rings. The minimum absolute atomic E-state index is 0.907. The number of pyridine rings is 1. The summed E-state index contributed by atoms with van der Waals surface area (Å²) in [7, 11) is 0. The molecule has 84 valence electrons. The van der Waals surface area contributed by atoms with Crippen molar-refractivity contribution in [2.24, 2.45) is 0 Å². The molecule has 0 spiro atoms. The maximum Gasteiger partial charge on any atom is 0.191 e. The minimum Gasteiger partial charge on any atom is -0.171 e. The molecule has 0 aliphatic heterocycles. The van der Waals surface area contributed by atoms with E-state index < -0.39 is 0 Å². The molecule has 0 unspecified atom stereocenters. The first-order chi connectivity index (χ1) is 8.33. The molecule has 0 saturated heterocycles. The van der Waals surface area contributed by atoms with E-state index in [0.29, 0.717) is 0 Å². The lowest BCUT2D eigenvalue weighted by atomic mass is 10.1. The smallest absolute Gasteiger partial charge is 0.171 e. The maximum absolute atomic E-state index is 3.81. The van der Waals surface area contributed by atoms with Gasteiger partial charge in [0.15, 0.2) is 18.1 Å². The molecule has 0 atom stereocenters. The SMILES string of the molecule is C=Cc1ccc(Cc2cccc[n+]2C=C)cc1. The number of nitrogens with zero attached hydrogens (tertiary/aromatic N) is 1. The minimum atomic E-state index is 0.907. The lowest BCUT2D eigenvalue weighted by Crippen LogP contribution is -2.30. The molecule has 0 N–H and O–H groups in total. The van der Waals surface area contributed by atoms with E-state index in [2.05, 4.69) is 43.5 Å². The van der Waals surface area contributed by atoms with Gasteiger partial charge in [-0.1, -0.05) is 43.0 Å². The molecule has 0 saturated carbocycles. The molecular formula is C16H16N+. The van der Waals surface area contributed by atoms with Gasteiger partial charge in [-0.2, -0.15) is 4.57 Å². The summed E-state index contributed by atoms with van der Waals surface area (Å²) in [5.41, 5.74) is 3.67. The van der Waals surface area contributed by atoms with Crippen LogP contribution in [0, 0.1) is 0 Å². The van der Waals surface area contributed by atoms with Crippen molar-refractivity contribution in [1.29, 1.82) is 0 Å². The first kappa shape index (κ1) is 11.3. The summed E-state index contributed by atoms with van der Waals surface area (Å²) in [4.78, 5) is 0. The van der Waals surface area contributed by atoms with Crippen LogP contribution in [0.25, 0.3) is 12.3 Å². The zero-order valence-corrected chi connectivity index (χ0v) is 9.84. The molecule has 1 aromatic heterocycles. The Bertz CT molecular complexity index is 523. The molecule has 0 aliphatic carbocycles. The van der Waals surface area contributed by atoms with Gasteiger partial charge in [0, 0.05) is 12.1 Å². The van der Waals surface area contributed by atoms with Crippen LogP contribution in [0.15, 0.2) is 61.8 Å². The van der Waals surface area contributed by atoms with Gasteiger partial charge in [-0.15, -0.1) is 0 Å². The summed E-state index contributed by atoms with van der Waals surface area (Å²) in [5.74, 6) is 0. The predicted molar refractivity (Wildman–Crippen MR) is 72.4 cm³/mol. The summed E-state index contributed by atoms with van der Waals surface area (Å²) in [6, 6.07) is 14.6. The lowest BCUT2D eigenvalue weighted by Gasteiger charge is -2.01. The second kappa shape index (κ2) is 5.26. The summed E-state index contributed by atoms with van der Waals surface area (Å²) >= 11 is 0. The van der Waals surface area contributed by atoms with Crippen LogP contribution in [0.4, 0.5) is 0 Å². The van der Waals surface area contributed by atoms with Gasteiger partial charge in [0.25, 0.3) is 0 Å². The number of rotatable bonds is 4. The number of hydrogen-bond acceptors (Lipinski definition) is 0. The zero-order valence-electron chi connectivity index (χ0n) is 9.84. The highest BCUT2D eigenvalue weighted by atomic mass is 14.9. The van der Waals surface area contributed by atoms with Crippen LogP contribution in [0.2, 0.25) is 0 Å². The number of benzene rings is 1. The lowest BCUT2D eigenvalue weighted by molar-refractivity contribution is -0.576. The fraction of sp³-hybridized carbons (Fsp3) is 0.0625. The number of hydrogen-bond donors (Lipinski definition) is 0. The van der Waals surface area contributed by atoms with Crippen molar-refractivity contribution in [2.75, 3.05) is 0 Å². The van der Waals surface area contributed by atoms with Crippen molar-refractivity contribution in [3.05, 3.63) is 78.6 Å². The molecule has 1 aromatic carbocycles. The van der Waals surface area contributed by atoms with Gasteiger partial charge in [0.2, 0.25) is 0 Å². The Hall–Kier alpha value is -2.15. The molecule has 0 amide bonds. The summed E-state index contributed by atoms with van der Waals surface area (Å²) in [5, 5.41) is 0. The van der Waals surface area contributed by atoms with Crippen molar-refractivity contribution >= 4 is 12.3 Å². The van der Waals surface area contributed by atoms with Crippen molar-refractivity contribution < 1.29 is 4.57 Å². The normalized spacial score (nSPS) is 9.88. The van der Waals surface area contributed by atoms with Crippen LogP contribution in [-0.2, 0) is 6.42 Å². The third-order valence-electron chi connectivity index (χ3n) is 2.78. The molecule has 2 rings (SSSR count). The molecule has 1 nitrogen and oxygen atoms in total. The van der Waals surface area contributed by atoms with E-state index in [9.17, 15) is 0 Å². The van der Waals surface area contributed by atoms with E-state index in [1.165, 1.54) is 11.3 Å². The molecule has 17 heavy (non-hydrogen) atoms. The Labute approximate surface area is 102 Å². The highest BCUT2D eigenvalue weighted by Crippen LogP contribution is 2.09. The van der Waals surface area contributed by atoms with Crippen molar-refractivity contribution in [3.63, 3.8) is 0 Å². The zero-order chi connectivity index (χ0) is 12.1. The van der Waals surface area contributed by atoms with Crippen LogP contribution in [-0.4, -0.2) is 0 Å². The Kier molecular flexibility index (Phi) is 3.51. The fourth-order valence-electron chi connectivity index (χ4n) is 1.80. The maximum atomic E-state index is 3.81. The monoisotopic (exact) mass is 222 g/mol. The van der Waals surface area contributed by atoms with E-state index in [1.54, 1.807) is 0 Å². The van der Waals surface area contributed by atoms with E-state index >= 15 is 0 Å². The highest BCUT2D eigenvalue weighted by molar-refractivity contribution is 5.47. The van der Waals surface area contributed by atoms with E-state index in [1.807, 2.05) is 35.2 Å². The Morgan fingerprint density at radius 3 is 2.41 bits per heavy atom. The topological polar surface area (TPSA) is 3.88 Å². The van der Waals surface area contributed by atoms with Crippen LogP contribution < -0.4 is 4.57 Å². The average Bonchev–Trinajstić information content (AvgIpc) is 2.40. The second-order valence-electron chi connectivity index (χ2n) is 3.90. The van der Waals surface area contributed by atoms with Gasteiger partial charge in [0.05, 0.1) is 6.42 Å². The molecule has 2 aromatic rings. The predicted octanol–water partition coefficient (Wildman–Crippen LogP) is 3.31. The second-order valence-corrected chi connectivity index (χ2v) is 3.90. The van der Waals surface area contributed by atoms with Gasteiger partial charge in [-0.25, -0.2) is 0 Å². The van der Waals surface area contributed by atoms with E-state index in [4.69, 9.17) is 0 Å². The van der Waals surface area contributed by atoms with Crippen molar-refractivity contribution in [3.8, 4) is 0 Å². The van der Waals surface area contributed by atoms with Crippen LogP contribution in [0.1, 0.15) is 16.8 Å². The van der Waals surface area contributed by atoms with E-state index in [0.717, 1.165) is 12.0 Å². The molecule has 0 bridgehead atoms. The largest absolute Gasteiger partial charge is 0.191 e. The first-order valence-electron chi connectivity index (χ1n) is 5.66. The molecule has 1 heterocycles. The van der Waals surface area contributed by atoms with Crippen LogP contribution in [0.5, 0.6) is 0 Å². The van der Waals surface area contributed by atoms with Crippen molar-refractivity contribution in [1.82, 2.24) is 0 Å². The standard InChI is InChI=1S/C16H16N/c1-3-14-8-10-15(11-9-14)13-16-7-5-6-12-17(16)4-2/h3-12H,1-2,13H2/q+1. The molecule has 0 radical (unpaired) electrons. The van der Waals surface area contributed by atoms with Gasteiger partial charge in [0.1, 0.15) is 0 Å². The fourth-order valence-corrected chi connectivity index (χ4v) is 1.80. The first-order valence-corrected chi connectivity index (χ1v) is 5.66. The quantitative estimate of drug-likeness (QED) is 0.699. The summed E-state index contributed by atoms with van der Waals surface area (Å²) < 4.78 is 2.04. The third-order valence-corrected chi connectivity index (χ3v) is 2.78. The van der Waals surface area contributed by atoms with Crippen molar-refractivity contribution in [2.45, 2.75) is 6.42 Å². The summed E-state index contributed by atoms with van der Waals surface area (Å²) in [6.45, 7) is 7.56. The van der Waals surface area contributed by atoms with Gasteiger partial charge >= 0.3 is 0 Å². The Morgan fingerprint density at radius 2 is 1.76 bits per heavy atom. The van der Waals surface area contributed by atoms with E-state index in [-0.39, 0.29) is 0 Å². The molecular weight excluding hydrogens is 206 g/mol. The van der Waals surface area contributed by atoms with Gasteiger partial charge in [-0.05, 0) is 17.7 Å².